The number of carboxylic acid groups (broad SMARTS) is 1. The van der Waals surface area contributed by atoms with Crippen LogP contribution in [0, 0.1) is 12.3 Å². The fourth-order valence-corrected chi connectivity index (χ4v) is 2.51. The van der Waals surface area contributed by atoms with Crippen LogP contribution in [0.15, 0.2) is 24.3 Å². The predicted octanol–water partition coefficient (Wildman–Crippen LogP) is 0.819. The number of carbonyl (C=O) groups excluding carboxylic acids is 3. The number of methoxy groups -OCH3 is 1. The van der Waals surface area contributed by atoms with Gasteiger partial charge in [0.2, 0.25) is 5.84 Å². The Morgan fingerprint density at radius 3 is 2.08 bits per heavy atom. The summed E-state index contributed by atoms with van der Waals surface area (Å²) in [5.41, 5.74) is 6.25. The zero-order valence-corrected chi connectivity index (χ0v) is 20.5. The van der Waals surface area contributed by atoms with Gasteiger partial charge in [-0.15, -0.1) is 0 Å². The maximum absolute atomic E-state index is 12.4. The third kappa shape index (κ3) is 14.8. The van der Waals surface area contributed by atoms with Gasteiger partial charge >= 0.3 is 18.3 Å². The molecule has 0 aliphatic carbocycles. The lowest BCUT2D eigenvalue weighted by molar-refractivity contribution is -0.344. The first-order chi connectivity index (χ1) is 16.7. The molecule has 0 aromatic heterocycles. The summed E-state index contributed by atoms with van der Waals surface area (Å²) in [6.45, 7) is 3.80. The second kappa shape index (κ2) is 16.3. The van der Waals surface area contributed by atoms with Crippen molar-refractivity contribution in [2.45, 2.75) is 52.3 Å². The molecule has 1 rings (SSSR count). The Balaban J connectivity index is 0.00000152. The molecule has 1 aromatic rings. The molecule has 0 saturated carbocycles. The molecule has 0 bridgehead atoms. The molecule has 0 spiro atoms. The molecule has 1 unspecified atom stereocenters. The zero-order valence-electron chi connectivity index (χ0n) is 20.5. The molecule has 0 aliphatic rings. The van der Waals surface area contributed by atoms with Gasteiger partial charge in [-0.2, -0.15) is 13.2 Å². The van der Waals surface area contributed by atoms with Gasteiger partial charge in [0, 0.05) is 13.5 Å². The molecule has 0 radical (unpaired) electrons. The number of ether oxygens (including phenoxy) is 4. The molecule has 1 aromatic carbocycles. The number of aryl methyl sites for hydroxylation is 1. The fraction of sp³-hybridized carbons (Fsp3) is 0.565. The van der Waals surface area contributed by atoms with Crippen LogP contribution >= 0.6 is 0 Å². The van der Waals surface area contributed by atoms with Gasteiger partial charge in [0.1, 0.15) is 24.6 Å². The third-order valence-corrected chi connectivity index (χ3v) is 4.52. The summed E-state index contributed by atoms with van der Waals surface area (Å²) in [6.07, 6.45) is -3.02. The summed E-state index contributed by atoms with van der Waals surface area (Å²) in [5, 5.41) is 14.2. The second-order valence-electron chi connectivity index (χ2n) is 8.11. The minimum atomic E-state index is -5.19. The molecule has 4 N–H and O–H groups in total. The van der Waals surface area contributed by atoms with Gasteiger partial charge in [-0.25, -0.2) is 4.79 Å². The number of aliphatic carboxylic acids is 1. The quantitative estimate of drug-likeness (QED) is 0.165. The Morgan fingerprint density at radius 2 is 1.58 bits per heavy atom. The highest BCUT2D eigenvalue weighted by Crippen LogP contribution is 2.21. The number of amidine groups is 1. The number of carboxylic acids is 1. The van der Waals surface area contributed by atoms with E-state index in [-0.39, 0.29) is 26.4 Å². The molecule has 0 saturated heterocycles. The third-order valence-electron chi connectivity index (χ3n) is 4.52. The second-order valence-corrected chi connectivity index (χ2v) is 8.11. The van der Waals surface area contributed by atoms with E-state index in [0.29, 0.717) is 18.7 Å². The minimum Gasteiger partial charge on any atom is -0.542 e. The van der Waals surface area contributed by atoms with E-state index in [9.17, 15) is 22.8 Å². The highest BCUT2D eigenvalue weighted by atomic mass is 19.4. The van der Waals surface area contributed by atoms with Crippen LogP contribution in [0.5, 0.6) is 0 Å². The number of halogens is 3. The fourth-order valence-electron chi connectivity index (χ4n) is 2.51. The van der Waals surface area contributed by atoms with Crippen LogP contribution in [0.2, 0.25) is 0 Å². The summed E-state index contributed by atoms with van der Waals surface area (Å²) < 4.78 is 52.2. The van der Waals surface area contributed by atoms with Crippen LogP contribution in [-0.4, -0.2) is 57.0 Å². The molecule has 13 heteroatoms. The molecule has 0 fully saturated rings. The van der Waals surface area contributed by atoms with Crippen LogP contribution in [-0.2, 0) is 35.1 Å². The molecule has 0 aliphatic heterocycles. The lowest BCUT2D eigenvalue weighted by Gasteiger charge is -2.25. The van der Waals surface area contributed by atoms with Crippen molar-refractivity contribution >= 4 is 23.9 Å². The number of rotatable bonds is 13. The topological polar surface area (TPSA) is 163 Å². The van der Waals surface area contributed by atoms with E-state index in [0.717, 1.165) is 24.0 Å². The summed E-state index contributed by atoms with van der Waals surface area (Å²) in [5.74, 6) is -3.09. The molecule has 0 heterocycles. The lowest BCUT2D eigenvalue weighted by atomic mass is 9.93. The van der Waals surface area contributed by atoms with Gasteiger partial charge in [-0.3, -0.25) is 15.9 Å². The van der Waals surface area contributed by atoms with Crippen molar-refractivity contribution in [2.24, 2.45) is 11.1 Å². The maximum Gasteiger partial charge on any atom is 0.508 e. The van der Waals surface area contributed by atoms with Crippen LogP contribution < -0.4 is 16.2 Å². The van der Waals surface area contributed by atoms with E-state index < -0.39 is 29.7 Å². The Kier molecular flexibility index (Phi) is 14.8. The number of alkyl halides is 3. The molecule has 0 amide bonds. The summed E-state index contributed by atoms with van der Waals surface area (Å²) >= 11 is 0. The number of carbonyl (C=O) groups is 3. The van der Waals surface area contributed by atoms with Gasteiger partial charge in [0.25, 0.3) is 0 Å². The Hall–Kier alpha value is -3.35. The highest BCUT2D eigenvalue weighted by Gasteiger charge is 2.37. The Labute approximate surface area is 207 Å². The average Bonchev–Trinajstić information content (AvgIpc) is 2.79. The minimum absolute atomic E-state index is 0.0513. The van der Waals surface area contributed by atoms with Crippen LogP contribution in [0.1, 0.15) is 43.7 Å². The van der Waals surface area contributed by atoms with Crippen molar-refractivity contribution in [3.8, 4) is 0 Å². The molecular formula is C23H33F3N2O8. The highest BCUT2D eigenvalue weighted by molar-refractivity contribution is 5.77. The van der Waals surface area contributed by atoms with Crippen LogP contribution in [0.4, 0.5) is 18.0 Å². The lowest BCUT2D eigenvalue weighted by Crippen LogP contribution is -2.45. The SMILES string of the molecule is COCC(C)(COC(=O)OCc1ccc(C)cc1)C(=O)OCCCCCC(N)=[NH2+].O=C([O-])C(F)(F)F. The number of nitrogens with two attached hydrogens (primary N) is 2. The van der Waals surface area contributed by atoms with Gasteiger partial charge in [0.05, 0.1) is 13.2 Å². The van der Waals surface area contributed by atoms with E-state index in [1.54, 1.807) is 6.92 Å². The van der Waals surface area contributed by atoms with E-state index in [2.05, 4.69) is 0 Å². The van der Waals surface area contributed by atoms with Crippen molar-refractivity contribution < 1.29 is 57.0 Å². The molecule has 10 nitrogen and oxygen atoms in total. The smallest absolute Gasteiger partial charge is 0.508 e. The number of hydrogen-bond donors (Lipinski definition) is 2. The monoisotopic (exact) mass is 522 g/mol. The first kappa shape index (κ1) is 32.7. The van der Waals surface area contributed by atoms with Gasteiger partial charge in [-0.05, 0) is 38.7 Å². The number of hydrogen-bond acceptors (Lipinski definition) is 8. The van der Waals surface area contributed by atoms with Crippen molar-refractivity contribution in [3.63, 3.8) is 0 Å². The normalized spacial score (nSPS) is 12.4. The van der Waals surface area contributed by atoms with Crippen molar-refractivity contribution in [2.75, 3.05) is 26.9 Å². The predicted molar refractivity (Wildman–Crippen MR) is 119 cm³/mol. The van der Waals surface area contributed by atoms with Crippen LogP contribution in [0.3, 0.4) is 0 Å². The number of benzene rings is 1. The van der Waals surface area contributed by atoms with Gasteiger partial charge in [0.15, 0.2) is 0 Å². The first-order valence-electron chi connectivity index (χ1n) is 10.9. The molecule has 1 atom stereocenters. The van der Waals surface area contributed by atoms with Gasteiger partial charge in [-0.1, -0.05) is 29.8 Å². The summed E-state index contributed by atoms with van der Waals surface area (Å²) in [6, 6.07) is 7.60. The Morgan fingerprint density at radius 1 is 1.00 bits per heavy atom. The van der Waals surface area contributed by atoms with Crippen molar-refractivity contribution in [1.29, 1.82) is 0 Å². The van der Waals surface area contributed by atoms with E-state index in [4.69, 9.17) is 40.0 Å². The average molecular weight is 523 g/mol. The largest absolute Gasteiger partial charge is 0.542 e. The van der Waals surface area contributed by atoms with Crippen LogP contribution in [0.25, 0.3) is 0 Å². The maximum atomic E-state index is 12.4. The molecular weight excluding hydrogens is 489 g/mol. The summed E-state index contributed by atoms with van der Waals surface area (Å²) in [4.78, 5) is 33.1. The van der Waals surface area contributed by atoms with E-state index in [1.165, 1.54) is 7.11 Å². The first-order valence-corrected chi connectivity index (χ1v) is 10.9. The standard InChI is InChI=1S/C21H32N2O6.C2HF3O2/c1-16-8-10-17(11-9-16)13-28-20(25)29-15-21(2,14-26-3)19(24)27-12-6-4-5-7-18(22)23;3-2(4,5)1(6)7/h8-11H,4-7,12-15H2,1-3H3,(H3,22,23);(H,6,7). The number of unbranched alkanes of at least 4 members (excludes halogenated alkanes) is 2. The van der Waals surface area contributed by atoms with Crippen molar-refractivity contribution in [1.82, 2.24) is 0 Å². The van der Waals surface area contributed by atoms with Crippen molar-refractivity contribution in [3.05, 3.63) is 35.4 Å². The molecule has 204 valence electrons. The molecule has 36 heavy (non-hydrogen) atoms. The summed E-state index contributed by atoms with van der Waals surface area (Å²) in [7, 11) is 1.47. The number of esters is 1. The zero-order chi connectivity index (χ0) is 27.8. The Bertz CT molecular complexity index is 847. The van der Waals surface area contributed by atoms with E-state index >= 15 is 0 Å². The van der Waals surface area contributed by atoms with Gasteiger partial charge < -0.3 is 28.8 Å². The van der Waals surface area contributed by atoms with E-state index in [1.807, 2.05) is 31.2 Å².